The molecule has 2 heterocycles. The summed E-state index contributed by atoms with van der Waals surface area (Å²) in [6, 6.07) is 5.56. The van der Waals surface area contributed by atoms with Crippen molar-refractivity contribution < 1.29 is 0 Å². The molecule has 0 amide bonds. The molecule has 5 heteroatoms. The predicted molar refractivity (Wildman–Crippen MR) is 78.4 cm³/mol. The maximum absolute atomic E-state index is 6.15. The van der Waals surface area contributed by atoms with Crippen molar-refractivity contribution in [3.63, 3.8) is 0 Å². The number of nitrogens with one attached hydrogen (secondary N) is 1. The van der Waals surface area contributed by atoms with E-state index < -0.39 is 0 Å². The lowest BCUT2D eigenvalue weighted by molar-refractivity contribution is 0.949. The van der Waals surface area contributed by atoms with E-state index in [-0.39, 0.29) is 0 Å². The van der Waals surface area contributed by atoms with Crippen LogP contribution in [0, 0.1) is 0 Å². The first-order chi connectivity index (χ1) is 9.24. The van der Waals surface area contributed by atoms with Gasteiger partial charge in [0.1, 0.15) is 11.5 Å². The maximum Gasteiger partial charge on any atom is 0.181 e. The average Bonchev–Trinajstić information content (AvgIpc) is 2.45. The summed E-state index contributed by atoms with van der Waals surface area (Å²) in [4.78, 5) is 13.2. The first-order valence-corrected chi connectivity index (χ1v) is 6.85. The van der Waals surface area contributed by atoms with Crippen molar-refractivity contribution in [2.45, 2.75) is 26.7 Å². The van der Waals surface area contributed by atoms with Crippen molar-refractivity contribution in [2.24, 2.45) is 0 Å². The molecule has 1 N–H and O–H groups in total. The SMILES string of the molecule is CCCNc1cc(CC)nc(-c2ncccc2Cl)n1. The first-order valence-electron chi connectivity index (χ1n) is 6.47. The van der Waals surface area contributed by atoms with Gasteiger partial charge in [0.2, 0.25) is 0 Å². The quantitative estimate of drug-likeness (QED) is 0.907. The topological polar surface area (TPSA) is 50.7 Å². The highest BCUT2D eigenvalue weighted by atomic mass is 35.5. The Morgan fingerprint density at radius 3 is 2.79 bits per heavy atom. The fraction of sp³-hybridized carbons (Fsp3) is 0.357. The van der Waals surface area contributed by atoms with Crippen molar-refractivity contribution in [3.05, 3.63) is 35.1 Å². The Morgan fingerprint density at radius 1 is 1.26 bits per heavy atom. The Kier molecular flexibility index (Phi) is 4.68. The number of hydrogen-bond donors (Lipinski definition) is 1. The Bertz CT molecular complexity index is 557. The van der Waals surface area contributed by atoms with E-state index in [1.54, 1.807) is 18.3 Å². The van der Waals surface area contributed by atoms with Gasteiger partial charge in [-0.15, -0.1) is 0 Å². The second-order valence-electron chi connectivity index (χ2n) is 4.18. The van der Waals surface area contributed by atoms with Gasteiger partial charge in [0.15, 0.2) is 5.82 Å². The Morgan fingerprint density at radius 2 is 2.11 bits per heavy atom. The average molecular weight is 277 g/mol. The molecule has 2 rings (SSSR count). The standard InChI is InChI=1S/C14H17ClN4/c1-3-7-16-12-9-10(4-2)18-14(19-12)13-11(15)6-5-8-17-13/h5-6,8-9H,3-4,7H2,1-2H3,(H,16,18,19). The van der Waals surface area contributed by atoms with Crippen LogP contribution in [0.2, 0.25) is 5.02 Å². The monoisotopic (exact) mass is 276 g/mol. The number of rotatable bonds is 5. The van der Waals surface area contributed by atoms with Gasteiger partial charge < -0.3 is 5.32 Å². The molecular formula is C14H17ClN4. The van der Waals surface area contributed by atoms with Crippen LogP contribution in [0.15, 0.2) is 24.4 Å². The highest BCUT2D eigenvalue weighted by Gasteiger charge is 2.10. The smallest absolute Gasteiger partial charge is 0.181 e. The van der Waals surface area contributed by atoms with Crippen LogP contribution in [0.5, 0.6) is 0 Å². The largest absolute Gasteiger partial charge is 0.370 e. The summed E-state index contributed by atoms with van der Waals surface area (Å²) in [5, 5.41) is 3.84. The van der Waals surface area contributed by atoms with Crippen LogP contribution in [0.25, 0.3) is 11.5 Å². The van der Waals surface area contributed by atoms with Crippen LogP contribution in [0.3, 0.4) is 0 Å². The summed E-state index contributed by atoms with van der Waals surface area (Å²) in [5.74, 6) is 1.40. The minimum absolute atomic E-state index is 0.567. The molecule has 0 bridgehead atoms. The molecule has 0 aromatic carbocycles. The number of aromatic nitrogens is 3. The van der Waals surface area contributed by atoms with Gasteiger partial charge in [-0.05, 0) is 25.0 Å². The van der Waals surface area contributed by atoms with Crippen molar-refractivity contribution >= 4 is 17.4 Å². The lowest BCUT2D eigenvalue weighted by Gasteiger charge is -2.09. The summed E-state index contributed by atoms with van der Waals surface area (Å²) >= 11 is 6.15. The maximum atomic E-state index is 6.15. The highest BCUT2D eigenvalue weighted by molar-refractivity contribution is 6.32. The molecule has 2 aromatic heterocycles. The zero-order valence-electron chi connectivity index (χ0n) is 11.2. The molecule has 0 radical (unpaired) electrons. The predicted octanol–water partition coefficient (Wildman–Crippen LogP) is 3.58. The van der Waals surface area contributed by atoms with Gasteiger partial charge >= 0.3 is 0 Å². The zero-order chi connectivity index (χ0) is 13.7. The third kappa shape index (κ3) is 3.41. The molecule has 0 spiro atoms. The zero-order valence-corrected chi connectivity index (χ0v) is 11.9. The summed E-state index contributed by atoms with van der Waals surface area (Å²) in [5.41, 5.74) is 1.60. The number of pyridine rings is 1. The molecular weight excluding hydrogens is 260 g/mol. The van der Waals surface area contributed by atoms with Crippen LogP contribution in [-0.4, -0.2) is 21.5 Å². The molecule has 0 aliphatic carbocycles. The fourth-order valence-corrected chi connectivity index (χ4v) is 1.88. The normalized spacial score (nSPS) is 10.5. The second kappa shape index (κ2) is 6.48. The van der Waals surface area contributed by atoms with E-state index in [4.69, 9.17) is 11.6 Å². The van der Waals surface area contributed by atoms with Gasteiger partial charge in [-0.3, -0.25) is 4.98 Å². The van der Waals surface area contributed by atoms with E-state index in [1.165, 1.54) is 0 Å². The number of anilines is 1. The molecule has 2 aromatic rings. The van der Waals surface area contributed by atoms with Crippen molar-refractivity contribution in [1.82, 2.24) is 15.0 Å². The molecule has 0 atom stereocenters. The molecule has 0 unspecified atom stereocenters. The van der Waals surface area contributed by atoms with Gasteiger partial charge in [0.25, 0.3) is 0 Å². The first kappa shape index (κ1) is 13.7. The molecule has 0 fully saturated rings. The minimum Gasteiger partial charge on any atom is -0.370 e. The Labute approximate surface area is 118 Å². The highest BCUT2D eigenvalue weighted by Crippen LogP contribution is 2.23. The van der Waals surface area contributed by atoms with Gasteiger partial charge in [-0.2, -0.15) is 0 Å². The molecule has 0 saturated carbocycles. The molecule has 0 saturated heterocycles. The Hall–Kier alpha value is -1.68. The van der Waals surface area contributed by atoms with Crippen LogP contribution in [0.4, 0.5) is 5.82 Å². The number of aryl methyl sites for hydroxylation is 1. The molecule has 0 aliphatic rings. The van der Waals surface area contributed by atoms with Crippen molar-refractivity contribution in [1.29, 1.82) is 0 Å². The van der Waals surface area contributed by atoms with Gasteiger partial charge in [-0.1, -0.05) is 25.4 Å². The molecule has 0 aliphatic heterocycles. The van der Waals surface area contributed by atoms with Gasteiger partial charge in [0.05, 0.1) is 5.02 Å². The van der Waals surface area contributed by atoms with E-state index in [0.29, 0.717) is 16.5 Å². The Balaban J connectivity index is 2.42. The van der Waals surface area contributed by atoms with Crippen LogP contribution in [-0.2, 0) is 6.42 Å². The van der Waals surface area contributed by atoms with Gasteiger partial charge in [0, 0.05) is 24.5 Å². The van der Waals surface area contributed by atoms with Crippen LogP contribution < -0.4 is 5.32 Å². The van der Waals surface area contributed by atoms with E-state index in [0.717, 1.165) is 30.9 Å². The van der Waals surface area contributed by atoms with Crippen molar-refractivity contribution in [3.8, 4) is 11.5 Å². The van der Waals surface area contributed by atoms with E-state index in [1.807, 2.05) is 6.07 Å². The summed E-state index contributed by atoms with van der Waals surface area (Å²) in [7, 11) is 0. The lowest BCUT2D eigenvalue weighted by Crippen LogP contribution is -2.06. The van der Waals surface area contributed by atoms with Crippen LogP contribution >= 0.6 is 11.6 Å². The van der Waals surface area contributed by atoms with E-state index >= 15 is 0 Å². The molecule has 4 nitrogen and oxygen atoms in total. The third-order valence-electron chi connectivity index (χ3n) is 2.67. The summed E-state index contributed by atoms with van der Waals surface area (Å²) < 4.78 is 0. The number of halogens is 1. The fourth-order valence-electron chi connectivity index (χ4n) is 1.68. The van der Waals surface area contributed by atoms with Crippen LogP contribution in [0.1, 0.15) is 26.0 Å². The van der Waals surface area contributed by atoms with E-state index in [2.05, 4.69) is 34.1 Å². The molecule has 100 valence electrons. The summed E-state index contributed by atoms with van der Waals surface area (Å²) in [6.07, 6.45) is 3.59. The van der Waals surface area contributed by atoms with Gasteiger partial charge in [-0.25, -0.2) is 9.97 Å². The summed E-state index contributed by atoms with van der Waals surface area (Å²) in [6.45, 7) is 5.07. The molecule has 19 heavy (non-hydrogen) atoms. The minimum atomic E-state index is 0.567. The second-order valence-corrected chi connectivity index (χ2v) is 4.59. The number of nitrogens with zero attached hydrogens (tertiary/aromatic N) is 3. The van der Waals surface area contributed by atoms with Crippen molar-refractivity contribution in [2.75, 3.05) is 11.9 Å². The van der Waals surface area contributed by atoms with E-state index in [9.17, 15) is 0 Å². The number of hydrogen-bond acceptors (Lipinski definition) is 4. The lowest BCUT2D eigenvalue weighted by atomic mass is 10.2. The third-order valence-corrected chi connectivity index (χ3v) is 2.97.